The minimum Gasteiger partial charge on any atom is -0.321 e. The van der Waals surface area contributed by atoms with Gasteiger partial charge in [0.2, 0.25) is 0 Å². The highest BCUT2D eigenvalue weighted by molar-refractivity contribution is 6.30. The van der Waals surface area contributed by atoms with Crippen molar-refractivity contribution >= 4 is 35.2 Å². The summed E-state index contributed by atoms with van der Waals surface area (Å²) in [4.78, 5) is 27.9. The van der Waals surface area contributed by atoms with Crippen LogP contribution in [-0.4, -0.2) is 14.8 Å². The van der Waals surface area contributed by atoms with Gasteiger partial charge in [-0.1, -0.05) is 42.4 Å². The Hall–Kier alpha value is -3.31. The summed E-state index contributed by atoms with van der Waals surface area (Å²) in [5.74, 6) is 0. The van der Waals surface area contributed by atoms with Gasteiger partial charge in [0.15, 0.2) is 0 Å². The third-order valence-corrected chi connectivity index (χ3v) is 4.39. The molecule has 4 rings (SSSR count). The Bertz CT molecular complexity index is 1360. The molecule has 0 spiro atoms. The number of pyridine rings is 1. The van der Waals surface area contributed by atoms with Crippen LogP contribution >= 0.6 is 11.6 Å². The van der Waals surface area contributed by atoms with Crippen LogP contribution < -0.4 is 21.7 Å². The van der Waals surface area contributed by atoms with Crippen molar-refractivity contribution in [3.63, 3.8) is 0 Å². The maximum atomic E-state index is 12.8. The lowest BCUT2D eigenvalue weighted by atomic mass is 10.1. The van der Waals surface area contributed by atoms with Crippen molar-refractivity contribution in [2.45, 2.75) is 0 Å². The third kappa shape index (κ3) is 2.78. The van der Waals surface area contributed by atoms with E-state index in [2.05, 4.69) is 16.7 Å². The molecule has 5 nitrogen and oxygen atoms in total. The summed E-state index contributed by atoms with van der Waals surface area (Å²) in [7, 11) is 0. The number of aromatic nitrogens is 3. The Kier molecular flexibility index (Phi) is 3.86. The second-order valence-electron chi connectivity index (χ2n) is 5.91. The second kappa shape index (κ2) is 6.20. The zero-order valence-corrected chi connectivity index (χ0v) is 14.4. The molecule has 2 N–H and O–H groups in total. The van der Waals surface area contributed by atoms with E-state index >= 15 is 0 Å². The van der Waals surface area contributed by atoms with Gasteiger partial charge in [0.05, 0.1) is 16.3 Å². The molecule has 0 aliphatic carbocycles. The van der Waals surface area contributed by atoms with Crippen LogP contribution in [0.5, 0.6) is 0 Å². The summed E-state index contributed by atoms with van der Waals surface area (Å²) < 4.78 is 1.36. The lowest BCUT2D eigenvalue weighted by molar-refractivity contribution is 0.838. The van der Waals surface area contributed by atoms with Gasteiger partial charge in [-0.2, -0.15) is 0 Å². The largest absolute Gasteiger partial charge is 0.321 e. The molecular weight excluding hydrogens is 350 g/mol. The second-order valence-corrected chi connectivity index (χ2v) is 6.35. The molecule has 0 amide bonds. The number of hydrogen-bond donors (Lipinski definition) is 2. The van der Waals surface area contributed by atoms with Crippen LogP contribution in [0.4, 0.5) is 0 Å². The van der Waals surface area contributed by atoms with Gasteiger partial charge in [-0.15, -0.1) is 0 Å². The predicted molar refractivity (Wildman–Crippen MR) is 104 cm³/mol. The maximum absolute atomic E-state index is 12.8. The number of nitrogens with zero attached hydrogens (tertiary/aromatic N) is 1. The van der Waals surface area contributed by atoms with Gasteiger partial charge < -0.3 is 4.98 Å². The van der Waals surface area contributed by atoms with E-state index < -0.39 is 0 Å². The van der Waals surface area contributed by atoms with Gasteiger partial charge in [-0.05, 0) is 41.8 Å². The summed E-state index contributed by atoms with van der Waals surface area (Å²) >= 11 is 6.00. The Morgan fingerprint density at radius 2 is 1.85 bits per heavy atom. The van der Waals surface area contributed by atoms with E-state index in [9.17, 15) is 9.59 Å². The molecule has 0 unspecified atom stereocenters. The van der Waals surface area contributed by atoms with E-state index in [0.717, 1.165) is 10.9 Å². The molecule has 0 aliphatic rings. The summed E-state index contributed by atoms with van der Waals surface area (Å²) in [5.41, 5.74) is 1.17. The minimum absolute atomic E-state index is 0.266. The zero-order valence-electron chi connectivity index (χ0n) is 13.6. The summed E-state index contributed by atoms with van der Waals surface area (Å²) in [6.07, 6.45) is 1.55. The van der Waals surface area contributed by atoms with E-state index in [1.807, 2.05) is 24.3 Å². The fourth-order valence-electron chi connectivity index (χ4n) is 2.87. The minimum atomic E-state index is -0.301. The highest BCUT2D eigenvalue weighted by Gasteiger charge is 2.07. The van der Waals surface area contributed by atoms with E-state index in [4.69, 9.17) is 11.6 Å². The lowest BCUT2D eigenvalue weighted by Gasteiger charge is -2.00. The highest BCUT2D eigenvalue weighted by Crippen LogP contribution is 2.12. The number of halogens is 1. The molecule has 0 bridgehead atoms. The predicted octanol–water partition coefficient (Wildman–Crippen LogP) is 1.90. The molecule has 6 heteroatoms. The van der Waals surface area contributed by atoms with E-state index in [1.54, 1.807) is 36.4 Å². The van der Waals surface area contributed by atoms with E-state index in [1.165, 1.54) is 4.68 Å². The first-order chi connectivity index (χ1) is 12.5. The fourth-order valence-corrected chi connectivity index (χ4v) is 3.05. The molecule has 128 valence electrons. The van der Waals surface area contributed by atoms with Crippen molar-refractivity contribution in [3.05, 3.63) is 96.5 Å². The third-order valence-electron chi connectivity index (χ3n) is 4.15. The van der Waals surface area contributed by atoms with Gasteiger partial charge in [-0.25, -0.2) is 4.68 Å². The van der Waals surface area contributed by atoms with Gasteiger partial charge in [0, 0.05) is 16.1 Å². The van der Waals surface area contributed by atoms with Gasteiger partial charge in [0.1, 0.15) is 0 Å². The van der Waals surface area contributed by atoms with Gasteiger partial charge in [-0.3, -0.25) is 14.7 Å². The summed E-state index contributed by atoms with van der Waals surface area (Å²) in [6, 6.07) is 16.1. The normalized spacial score (nSPS) is 12.0. The van der Waals surface area contributed by atoms with Crippen molar-refractivity contribution in [1.82, 2.24) is 14.8 Å². The maximum Gasteiger partial charge on any atom is 0.279 e. The van der Waals surface area contributed by atoms with Crippen LogP contribution in [-0.2, 0) is 0 Å². The first-order valence-corrected chi connectivity index (χ1v) is 8.30. The smallest absolute Gasteiger partial charge is 0.279 e. The van der Waals surface area contributed by atoms with Crippen molar-refractivity contribution in [2.75, 3.05) is 0 Å². The van der Waals surface area contributed by atoms with Crippen molar-refractivity contribution in [2.24, 2.45) is 0 Å². The molecule has 0 saturated carbocycles. The van der Waals surface area contributed by atoms with Crippen LogP contribution in [0.25, 0.3) is 29.2 Å². The van der Waals surface area contributed by atoms with E-state index in [0.29, 0.717) is 26.8 Å². The first-order valence-electron chi connectivity index (χ1n) is 7.93. The molecular formula is C20H14ClN3O2. The highest BCUT2D eigenvalue weighted by atomic mass is 35.5. The number of H-pyrrole nitrogens is 2. The van der Waals surface area contributed by atoms with Gasteiger partial charge >= 0.3 is 0 Å². The van der Waals surface area contributed by atoms with Crippen LogP contribution in [0.2, 0.25) is 5.02 Å². The number of rotatable bonds is 2. The Balaban J connectivity index is 1.95. The van der Waals surface area contributed by atoms with E-state index in [-0.39, 0.29) is 11.1 Å². The molecule has 0 saturated heterocycles. The first kappa shape index (κ1) is 16.2. The molecule has 0 radical (unpaired) electrons. The Morgan fingerprint density at radius 1 is 1.04 bits per heavy atom. The SMILES string of the molecule is C=c1[nH]n(-c2cccc(Cl)c2)c(=O)/c1=C/c1cc2ccccc2[nH]c1=O. The van der Waals surface area contributed by atoms with Crippen molar-refractivity contribution in [3.8, 4) is 5.69 Å². The molecule has 0 fully saturated rings. The number of benzene rings is 2. The van der Waals surface area contributed by atoms with Crippen LogP contribution in [0.1, 0.15) is 5.56 Å². The van der Waals surface area contributed by atoms with Crippen molar-refractivity contribution < 1.29 is 0 Å². The fraction of sp³-hybridized carbons (Fsp3) is 0. The molecule has 0 atom stereocenters. The monoisotopic (exact) mass is 363 g/mol. The standard InChI is InChI=1S/C20H14ClN3O2/c1-12-17(20(26)24(23-12)16-7-4-6-15(21)11-16)10-14-9-13-5-2-3-8-18(13)22-19(14)25/h2-11,23H,1H2,(H,22,25)/b17-10+. The average Bonchev–Trinajstić information content (AvgIpc) is 2.90. The van der Waals surface area contributed by atoms with Crippen molar-refractivity contribution in [1.29, 1.82) is 0 Å². The zero-order chi connectivity index (χ0) is 18.3. The molecule has 2 aromatic heterocycles. The Labute approximate surface area is 152 Å². The molecule has 0 aliphatic heterocycles. The van der Waals surface area contributed by atoms with Gasteiger partial charge in [0.25, 0.3) is 11.1 Å². The Morgan fingerprint density at radius 3 is 2.65 bits per heavy atom. The number of nitrogens with one attached hydrogen (secondary N) is 2. The number of aromatic amines is 2. The average molecular weight is 364 g/mol. The topological polar surface area (TPSA) is 70.7 Å². The summed E-state index contributed by atoms with van der Waals surface area (Å²) in [6.45, 7) is 3.89. The van der Waals surface area contributed by atoms with Crippen LogP contribution in [0.3, 0.4) is 0 Å². The quantitative estimate of drug-likeness (QED) is 0.571. The molecule has 2 aromatic carbocycles. The number of fused-ring (bicyclic) bond motifs is 1. The molecule has 2 heterocycles. The molecule has 4 aromatic rings. The lowest BCUT2D eigenvalue weighted by Crippen LogP contribution is -2.34. The number of para-hydroxylation sites is 1. The molecule has 26 heavy (non-hydrogen) atoms. The number of hydrogen-bond acceptors (Lipinski definition) is 2. The van der Waals surface area contributed by atoms with Crippen LogP contribution in [0.15, 0.2) is 64.2 Å². The van der Waals surface area contributed by atoms with Crippen LogP contribution in [0, 0.1) is 0 Å². The summed E-state index contributed by atoms with van der Waals surface area (Å²) in [5, 5.41) is 5.07.